The normalized spacial score (nSPS) is 11.0. The van der Waals surface area contributed by atoms with Gasteiger partial charge in [0.1, 0.15) is 0 Å². The van der Waals surface area contributed by atoms with Gasteiger partial charge in [-0.25, -0.2) is 13.1 Å². The molecule has 0 aliphatic carbocycles. The highest BCUT2D eigenvalue weighted by molar-refractivity contribution is 7.89. The van der Waals surface area contributed by atoms with Gasteiger partial charge >= 0.3 is 0 Å². The third kappa shape index (κ3) is 5.10. The van der Waals surface area contributed by atoms with E-state index in [0.29, 0.717) is 17.1 Å². The van der Waals surface area contributed by atoms with Gasteiger partial charge in [-0.3, -0.25) is 10.1 Å². The predicted octanol–water partition coefficient (Wildman–Crippen LogP) is 2.56. The average Bonchev–Trinajstić information content (AvgIpc) is 3.08. The van der Waals surface area contributed by atoms with E-state index in [4.69, 9.17) is 12.2 Å². The number of hydrogen-bond acceptors (Lipinski definition) is 5. The van der Waals surface area contributed by atoms with Crippen molar-refractivity contribution in [2.24, 2.45) is 0 Å². The minimum atomic E-state index is -3.50. The van der Waals surface area contributed by atoms with Crippen molar-refractivity contribution in [3.63, 3.8) is 0 Å². The van der Waals surface area contributed by atoms with Gasteiger partial charge in [-0.15, -0.1) is 11.3 Å². The van der Waals surface area contributed by atoms with Crippen LogP contribution in [0, 0.1) is 0 Å². The van der Waals surface area contributed by atoms with Crippen molar-refractivity contribution in [3.8, 4) is 0 Å². The molecule has 128 valence electrons. The second-order valence-electron chi connectivity index (χ2n) is 4.81. The van der Waals surface area contributed by atoms with Crippen LogP contribution in [0.5, 0.6) is 0 Å². The van der Waals surface area contributed by atoms with Gasteiger partial charge in [0.2, 0.25) is 10.0 Å². The zero-order valence-electron chi connectivity index (χ0n) is 12.9. The van der Waals surface area contributed by atoms with E-state index in [1.807, 2.05) is 6.92 Å². The number of anilines is 1. The minimum Gasteiger partial charge on any atom is -0.332 e. The molecule has 1 heterocycles. The smallest absolute Gasteiger partial charge is 0.267 e. The summed E-state index contributed by atoms with van der Waals surface area (Å²) >= 11 is 6.40. The maximum Gasteiger partial charge on any atom is 0.267 e. The molecule has 0 atom stereocenters. The lowest BCUT2D eigenvalue weighted by molar-refractivity contribution is 0.0981. The molecule has 0 bridgehead atoms. The third-order valence-corrected chi connectivity index (χ3v) is 5.49. The molecule has 2 aromatic rings. The monoisotopic (exact) mass is 383 g/mol. The SMILES string of the molecule is CCCNS(=O)(=O)c1ccc(NC(=S)NC(=O)c2cccs2)cc1. The first-order valence-electron chi connectivity index (χ1n) is 7.18. The highest BCUT2D eigenvalue weighted by Crippen LogP contribution is 2.14. The summed E-state index contributed by atoms with van der Waals surface area (Å²) in [6, 6.07) is 9.61. The number of thiocarbonyl (C=S) groups is 1. The van der Waals surface area contributed by atoms with Crippen LogP contribution in [0.3, 0.4) is 0 Å². The van der Waals surface area contributed by atoms with Crippen LogP contribution in [0.4, 0.5) is 5.69 Å². The Labute approximate surface area is 150 Å². The summed E-state index contributed by atoms with van der Waals surface area (Å²) in [6.07, 6.45) is 0.719. The molecule has 3 N–H and O–H groups in total. The van der Waals surface area contributed by atoms with Crippen LogP contribution in [0.1, 0.15) is 23.0 Å². The maximum atomic E-state index is 12.0. The van der Waals surface area contributed by atoms with Gasteiger partial charge in [0.25, 0.3) is 5.91 Å². The van der Waals surface area contributed by atoms with Gasteiger partial charge in [-0.2, -0.15) is 0 Å². The van der Waals surface area contributed by atoms with Crippen molar-refractivity contribution >= 4 is 50.3 Å². The predicted molar refractivity (Wildman–Crippen MR) is 99.9 cm³/mol. The molecule has 0 fully saturated rings. The van der Waals surface area contributed by atoms with Gasteiger partial charge in [0.15, 0.2) is 5.11 Å². The van der Waals surface area contributed by atoms with E-state index < -0.39 is 10.0 Å². The molecule has 1 aromatic heterocycles. The van der Waals surface area contributed by atoms with Crippen LogP contribution < -0.4 is 15.4 Å². The second-order valence-corrected chi connectivity index (χ2v) is 7.93. The van der Waals surface area contributed by atoms with Gasteiger partial charge in [0.05, 0.1) is 9.77 Å². The van der Waals surface area contributed by atoms with Crippen LogP contribution in [0.25, 0.3) is 0 Å². The Morgan fingerprint density at radius 3 is 2.50 bits per heavy atom. The fraction of sp³-hybridized carbons (Fsp3) is 0.200. The highest BCUT2D eigenvalue weighted by atomic mass is 32.2. The summed E-state index contributed by atoms with van der Waals surface area (Å²) in [5, 5.41) is 7.36. The van der Waals surface area contributed by atoms with E-state index in [1.165, 1.54) is 23.5 Å². The number of amides is 1. The van der Waals surface area contributed by atoms with E-state index in [0.717, 1.165) is 6.42 Å². The van der Waals surface area contributed by atoms with Crippen LogP contribution >= 0.6 is 23.6 Å². The zero-order chi connectivity index (χ0) is 17.6. The van der Waals surface area contributed by atoms with Gasteiger partial charge in [-0.1, -0.05) is 13.0 Å². The number of thiophene rings is 1. The van der Waals surface area contributed by atoms with Gasteiger partial charge in [0, 0.05) is 12.2 Å². The van der Waals surface area contributed by atoms with Crippen LogP contribution in [0.2, 0.25) is 0 Å². The Balaban J connectivity index is 1.96. The van der Waals surface area contributed by atoms with Gasteiger partial charge in [-0.05, 0) is 54.4 Å². The van der Waals surface area contributed by atoms with Crippen molar-refractivity contribution < 1.29 is 13.2 Å². The van der Waals surface area contributed by atoms with E-state index in [9.17, 15) is 13.2 Å². The van der Waals surface area contributed by atoms with Gasteiger partial charge < -0.3 is 5.32 Å². The molecule has 0 aliphatic heterocycles. The van der Waals surface area contributed by atoms with E-state index in [2.05, 4.69) is 15.4 Å². The van der Waals surface area contributed by atoms with Crippen molar-refractivity contribution in [2.75, 3.05) is 11.9 Å². The first-order valence-corrected chi connectivity index (χ1v) is 9.95. The Hall–Kier alpha value is -1.81. The number of nitrogens with one attached hydrogen (secondary N) is 3. The fourth-order valence-electron chi connectivity index (χ4n) is 1.77. The summed E-state index contributed by atoms with van der Waals surface area (Å²) in [5.74, 6) is -0.287. The minimum absolute atomic E-state index is 0.146. The highest BCUT2D eigenvalue weighted by Gasteiger charge is 2.13. The second kappa shape index (κ2) is 8.34. The van der Waals surface area contributed by atoms with Crippen molar-refractivity contribution in [3.05, 3.63) is 46.7 Å². The van der Waals surface area contributed by atoms with E-state index in [-0.39, 0.29) is 15.9 Å². The average molecular weight is 384 g/mol. The lowest BCUT2D eigenvalue weighted by atomic mass is 10.3. The summed E-state index contributed by atoms with van der Waals surface area (Å²) in [4.78, 5) is 12.6. The molecule has 0 radical (unpaired) electrons. The van der Waals surface area contributed by atoms with Crippen LogP contribution in [0.15, 0.2) is 46.7 Å². The molecule has 6 nitrogen and oxygen atoms in total. The molecule has 1 aromatic carbocycles. The summed E-state index contributed by atoms with van der Waals surface area (Å²) in [5.41, 5.74) is 0.584. The number of hydrogen-bond donors (Lipinski definition) is 3. The molecule has 0 saturated heterocycles. The standard InChI is InChI=1S/C15H17N3O3S3/c1-2-9-16-24(20,21)12-7-5-11(6-8-12)17-15(22)18-14(19)13-4-3-10-23-13/h3-8,10,16H,2,9H2,1H3,(H2,17,18,19,22). The Kier molecular flexibility index (Phi) is 6.44. The van der Waals surface area contributed by atoms with Crippen molar-refractivity contribution in [1.82, 2.24) is 10.0 Å². The molecular formula is C15H17N3O3S3. The van der Waals surface area contributed by atoms with Crippen molar-refractivity contribution in [1.29, 1.82) is 0 Å². The molecule has 0 spiro atoms. The Bertz CT molecular complexity index is 800. The molecular weight excluding hydrogens is 366 g/mol. The molecule has 0 aliphatic rings. The van der Waals surface area contributed by atoms with Crippen molar-refractivity contribution in [2.45, 2.75) is 18.2 Å². The first kappa shape index (κ1) is 18.5. The lowest BCUT2D eigenvalue weighted by Gasteiger charge is -2.10. The number of benzene rings is 1. The van der Waals surface area contributed by atoms with Crippen LogP contribution in [-0.2, 0) is 10.0 Å². The number of carbonyl (C=O) groups is 1. The first-order chi connectivity index (χ1) is 11.4. The topological polar surface area (TPSA) is 87.3 Å². The molecule has 0 saturated carbocycles. The number of rotatable bonds is 6. The van der Waals surface area contributed by atoms with E-state index >= 15 is 0 Å². The molecule has 24 heavy (non-hydrogen) atoms. The zero-order valence-corrected chi connectivity index (χ0v) is 15.4. The summed E-state index contributed by atoms with van der Waals surface area (Å²) in [7, 11) is -3.50. The molecule has 0 unspecified atom stereocenters. The summed E-state index contributed by atoms with van der Waals surface area (Å²) < 4.78 is 26.5. The summed E-state index contributed by atoms with van der Waals surface area (Å²) in [6.45, 7) is 2.28. The fourth-order valence-corrected chi connectivity index (χ4v) is 3.74. The molecule has 9 heteroatoms. The third-order valence-electron chi connectivity index (χ3n) is 2.94. The lowest BCUT2D eigenvalue weighted by Crippen LogP contribution is -2.33. The maximum absolute atomic E-state index is 12.0. The molecule has 1 amide bonds. The van der Waals surface area contributed by atoms with E-state index in [1.54, 1.807) is 29.6 Å². The largest absolute Gasteiger partial charge is 0.332 e. The number of carbonyl (C=O) groups excluding carboxylic acids is 1. The van der Waals surface area contributed by atoms with Crippen LogP contribution in [-0.4, -0.2) is 26.0 Å². The number of sulfonamides is 1. The Morgan fingerprint density at radius 2 is 1.92 bits per heavy atom. The Morgan fingerprint density at radius 1 is 1.21 bits per heavy atom. The molecule has 2 rings (SSSR count). The quantitative estimate of drug-likeness (QED) is 0.668.